The van der Waals surface area contributed by atoms with Gasteiger partial charge in [-0.1, -0.05) is 11.6 Å². The topological polar surface area (TPSA) is 85.8 Å². The Labute approximate surface area is 177 Å². The van der Waals surface area contributed by atoms with Crippen LogP contribution >= 0.6 is 11.6 Å². The van der Waals surface area contributed by atoms with Crippen LogP contribution in [0.15, 0.2) is 41.0 Å². The number of piperidine rings is 1. The highest BCUT2D eigenvalue weighted by Crippen LogP contribution is 2.31. The first-order chi connectivity index (χ1) is 14.7. The number of nitrogens with zero attached hydrogens (tertiary/aromatic N) is 5. The molecule has 1 aliphatic rings. The Hall–Kier alpha value is -3.13. The molecule has 0 aliphatic carbocycles. The zero-order valence-electron chi connectivity index (χ0n) is 16.4. The van der Waals surface area contributed by atoms with Crippen LogP contribution in [-0.4, -0.2) is 45.2 Å². The summed E-state index contributed by atoms with van der Waals surface area (Å²) in [5, 5.41) is 10.3. The highest BCUT2D eigenvalue weighted by atomic mass is 35.5. The van der Waals surface area contributed by atoms with E-state index in [0.29, 0.717) is 60.7 Å². The molecule has 4 aromatic rings. The van der Waals surface area contributed by atoms with Crippen LogP contribution in [0.4, 0.5) is 5.95 Å². The van der Waals surface area contributed by atoms with Crippen LogP contribution in [0.5, 0.6) is 0 Å². The number of hydrogen-bond donors (Lipinski definition) is 0. The number of furan rings is 1. The van der Waals surface area contributed by atoms with Crippen LogP contribution < -0.4 is 4.90 Å². The van der Waals surface area contributed by atoms with E-state index in [0.717, 1.165) is 10.9 Å². The number of ether oxygens (including phenoxy) is 1. The minimum absolute atomic E-state index is 0.0861. The highest BCUT2D eigenvalue weighted by Gasteiger charge is 2.29. The number of esters is 1. The zero-order chi connectivity index (χ0) is 20.7. The molecule has 1 fully saturated rings. The Morgan fingerprint density at radius 3 is 2.83 bits per heavy atom. The third-order valence-electron chi connectivity index (χ3n) is 5.42. The Morgan fingerprint density at radius 1 is 1.27 bits per heavy atom. The smallest absolute Gasteiger partial charge is 0.309 e. The standard InChI is InChI=1S/C21H20ClN5O3/c1-2-29-20(28)13-7-9-26(10-8-13)21-23-16-12-14(22)5-6-15(16)18-24-25-19(27(18)21)17-4-3-11-30-17/h3-6,11-13H,2,7-10H2,1H3. The van der Waals surface area contributed by atoms with Crippen molar-refractivity contribution in [1.29, 1.82) is 0 Å². The number of benzene rings is 1. The van der Waals surface area contributed by atoms with E-state index in [-0.39, 0.29) is 11.9 Å². The molecule has 0 N–H and O–H groups in total. The van der Waals surface area contributed by atoms with Crippen LogP contribution in [0, 0.1) is 5.92 Å². The lowest BCUT2D eigenvalue weighted by atomic mass is 9.97. The van der Waals surface area contributed by atoms with E-state index in [1.165, 1.54) is 0 Å². The number of rotatable bonds is 4. The van der Waals surface area contributed by atoms with Gasteiger partial charge in [0.15, 0.2) is 11.4 Å². The molecular weight excluding hydrogens is 406 g/mol. The van der Waals surface area contributed by atoms with Gasteiger partial charge in [-0.3, -0.25) is 4.79 Å². The molecule has 0 amide bonds. The van der Waals surface area contributed by atoms with Crippen LogP contribution in [0.25, 0.3) is 28.1 Å². The van der Waals surface area contributed by atoms with E-state index in [4.69, 9.17) is 25.7 Å². The second kappa shape index (κ2) is 7.60. The maximum atomic E-state index is 12.1. The fraction of sp³-hybridized carbons (Fsp3) is 0.333. The van der Waals surface area contributed by atoms with Crippen LogP contribution in [0.1, 0.15) is 19.8 Å². The quantitative estimate of drug-likeness (QED) is 0.457. The molecule has 0 radical (unpaired) electrons. The highest BCUT2D eigenvalue weighted by molar-refractivity contribution is 6.31. The largest absolute Gasteiger partial charge is 0.466 e. The van der Waals surface area contributed by atoms with Gasteiger partial charge in [-0.15, -0.1) is 10.2 Å². The molecule has 1 saturated heterocycles. The maximum Gasteiger partial charge on any atom is 0.309 e. The summed E-state index contributed by atoms with van der Waals surface area (Å²) in [6.45, 7) is 3.58. The van der Waals surface area contributed by atoms with Gasteiger partial charge >= 0.3 is 5.97 Å². The predicted octanol–water partition coefficient (Wildman–Crippen LogP) is 3.97. The Morgan fingerprint density at radius 2 is 2.10 bits per heavy atom. The van der Waals surface area contributed by atoms with Gasteiger partial charge in [0.2, 0.25) is 11.8 Å². The van der Waals surface area contributed by atoms with Crippen molar-refractivity contribution in [2.75, 3.05) is 24.6 Å². The monoisotopic (exact) mass is 425 g/mol. The molecule has 5 rings (SSSR count). The molecular formula is C21H20ClN5O3. The fourth-order valence-corrected chi connectivity index (χ4v) is 4.11. The van der Waals surface area contributed by atoms with Crippen molar-refractivity contribution < 1.29 is 13.9 Å². The van der Waals surface area contributed by atoms with Crippen molar-refractivity contribution >= 4 is 40.1 Å². The first-order valence-corrected chi connectivity index (χ1v) is 10.3. The van der Waals surface area contributed by atoms with E-state index in [1.807, 2.05) is 41.7 Å². The summed E-state index contributed by atoms with van der Waals surface area (Å²) in [6, 6.07) is 9.20. The summed E-state index contributed by atoms with van der Waals surface area (Å²) in [6.07, 6.45) is 3.01. The van der Waals surface area contributed by atoms with Crippen molar-refractivity contribution in [1.82, 2.24) is 19.6 Å². The summed E-state index contributed by atoms with van der Waals surface area (Å²) >= 11 is 6.22. The van der Waals surface area contributed by atoms with Gasteiger partial charge in [-0.05, 0) is 50.1 Å². The molecule has 1 aliphatic heterocycles. The number of fused-ring (bicyclic) bond motifs is 3. The van der Waals surface area contributed by atoms with E-state index in [9.17, 15) is 4.79 Å². The average Bonchev–Trinajstić information content (AvgIpc) is 3.43. The first-order valence-electron chi connectivity index (χ1n) is 9.95. The summed E-state index contributed by atoms with van der Waals surface area (Å²) in [4.78, 5) is 19.2. The maximum absolute atomic E-state index is 12.1. The molecule has 30 heavy (non-hydrogen) atoms. The van der Waals surface area contributed by atoms with E-state index < -0.39 is 0 Å². The van der Waals surface area contributed by atoms with E-state index >= 15 is 0 Å². The molecule has 4 heterocycles. The van der Waals surface area contributed by atoms with Crippen molar-refractivity contribution in [2.45, 2.75) is 19.8 Å². The molecule has 0 atom stereocenters. The van der Waals surface area contributed by atoms with Crippen LogP contribution in [0.2, 0.25) is 5.02 Å². The second-order valence-electron chi connectivity index (χ2n) is 7.25. The molecule has 154 valence electrons. The van der Waals surface area contributed by atoms with Gasteiger partial charge in [-0.25, -0.2) is 9.38 Å². The number of anilines is 1. The molecule has 8 nitrogen and oxygen atoms in total. The van der Waals surface area contributed by atoms with E-state index in [1.54, 1.807) is 6.26 Å². The molecule has 0 unspecified atom stereocenters. The summed E-state index contributed by atoms with van der Waals surface area (Å²) in [5.74, 6) is 1.69. The lowest BCUT2D eigenvalue weighted by Crippen LogP contribution is -2.38. The lowest BCUT2D eigenvalue weighted by Gasteiger charge is -2.32. The Kier molecular flexibility index (Phi) is 4.78. The second-order valence-corrected chi connectivity index (χ2v) is 7.68. The minimum Gasteiger partial charge on any atom is -0.466 e. The summed E-state index contributed by atoms with van der Waals surface area (Å²) in [5.41, 5.74) is 1.43. The fourth-order valence-electron chi connectivity index (χ4n) is 3.95. The SMILES string of the molecule is CCOC(=O)C1CCN(c2nc3cc(Cl)ccc3c3nnc(-c4ccco4)n23)CC1. The first kappa shape index (κ1) is 18.9. The zero-order valence-corrected chi connectivity index (χ0v) is 17.2. The average molecular weight is 426 g/mol. The molecule has 0 bridgehead atoms. The van der Waals surface area contributed by atoms with Gasteiger partial charge in [0, 0.05) is 23.5 Å². The lowest BCUT2D eigenvalue weighted by molar-refractivity contribution is -0.148. The molecule has 0 spiro atoms. The van der Waals surface area contributed by atoms with Gasteiger partial charge in [-0.2, -0.15) is 0 Å². The van der Waals surface area contributed by atoms with E-state index in [2.05, 4.69) is 15.1 Å². The predicted molar refractivity (Wildman–Crippen MR) is 113 cm³/mol. The van der Waals surface area contributed by atoms with Gasteiger partial charge in [0.25, 0.3) is 0 Å². The Bertz CT molecular complexity index is 1210. The normalized spacial score (nSPS) is 15.2. The van der Waals surface area contributed by atoms with Gasteiger partial charge in [0.05, 0.1) is 24.3 Å². The molecule has 3 aromatic heterocycles. The number of carbonyl (C=O) groups is 1. The van der Waals surface area contributed by atoms with Crippen molar-refractivity contribution in [2.24, 2.45) is 5.92 Å². The summed E-state index contributed by atoms with van der Waals surface area (Å²) in [7, 11) is 0. The molecule has 0 saturated carbocycles. The van der Waals surface area contributed by atoms with Gasteiger partial charge < -0.3 is 14.1 Å². The van der Waals surface area contributed by atoms with Crippen molar-refractivity contribution in [3.8, 4) is 11.6 Å². The number of carbonyl (C=O) groups excluding carboxylic acids is 1. The van der Waals surface area contributed by atoms with Crippen LogP contribution in [0.3, 0.4) is 0 Å². The minimum atomic E-state index is -0.124. The summed E-state index contributed by atoms with van der Waals surface area (Å²) < 4.78 is 12.7. The van der Waals surface area contributed by atoms with Crippen LogP contribution in [-0.2, 0) is 9.53 Å². The van der Waals surface area contributed by atoms with Crippen molar-refractivity contribution in [3.63, 3.8) is 0 Å². The third-order valence-corrected chi connectivity index (χ3v) is 5.66. The third kappa shape index (κ3) is 3.17. The number of halogens is 1. The number of aromatic nitrogens is 4. The molecule has 9 heteroatoms. The van der Waals surface area contributed by atoms with Crippen molar-refractivity contribution in [3.05, 3.63) is 41.6 Å². The van der Waals surface area contributed by atoms with Gasteiger partial charge in [0.1, 0.15) is 0 Å². The Balaban J connectivity index is 1.61. The number of hydrogen-bond acceptors (Lipinski definition) is 7. The molecule has 1 aromatic carbocycles.